The van der Waals surface area contributed by atoms with Crippen LogP contribution in [0.5, 0.6) is 0 Å². The molecule has 1 rings (SSSR count). The zero-order valence-electron chi connectivity index (χ0n) is 6.79. The van der Waals surface area contributed by atoms with Crippen LogP contribution >= 0.6 is 0 Å². The Kier molecular flexibility index (Phi) is 3.06. The molecule has 0 aromatic carbocycles. The van der Waals surface area contributed by atoms with Crippen molar-refractivity contribution in [1.82, 2.24) is 25.8 Å². The van der Waals surface area contributed by atoms with Gasteiger partial charge in [-0.2, -0.15) is 5.10 Å². The molecule has 0 radical (unpaired) electrons. The van der Waals surface area contributed by atoms with Crippen molar-refractivity contribution in [2.75, 3.05) is 6.54 Å². The number of hydrogen-bond donors (Lipinski definition) is 3. The van der Waals surface area contributed by atoms with E-state index in [2.05, 4.69) is 25.8 Å². The highest BCUT2D eigenvalue weighted by molar-refractivity contribution is 5.73. The first-order valence-electron chi connectivity index (χ1n) is 3.69. The Labute approximate surface area is 69.8 Å². The first-order chi connectivity index (χ1) is 5.83. The zero-order chi connectivity index (χ0) is 8.81. The van der Waals surface area contributed by atoms with Crippen LogP contribution in [0.3, 0.4) is 0 Å². The van der Waals surface area contributed by atoms with E-state index in [-0.39, 0.29) is 6.03 Å². The van der Waals surface area contributed by atoms with Gasteiger partial charge in [-0.05, 0) is 6.92 Å². The van der Waals surface area contributed by atoms with Crippen molar-refractivity contribution in [3.8, 4) is 0 Å². The molecule has 66 valence electrons. The molecule has 3 N–H and O–H groups in total. The lowest BCUT2D eigenvalue weighted by Gasteiger charge is -2.02. The van der Waals surface area contributed by atoms with Gasteiger partial charge >= 0.3 is 6.03 Å². The van der Waals surface area contributed by atoms with Crippen LogP contribution in [0, 0.1) is 0 Å². The van der Waals surface area contributed by atoms with Crippen LogP contribution in [0.1, 0.15) is 12.7 Å². The molecule has 0 spiro atoms. The number of rotatable bonds is 3. The number of aromatic amines is 1. The maximum absolute atomic E-state index is 10.9. The molecule has 2 amide bonds. The van der Waals surface area contributed by atoms with Crippen molar-refractivity contribution in [1.29, 1.82) is 0 Å². The number of carbonyl (C=O) groups is 1. The van der Waals surface area contributed by atoms with Gasteiger partial charge in [0.2, 0.25) is 0 Å². The van der Waals surface area contributed by atoms with Gasteiger partial charge in [0.25, 0.3) is 0 Å². The second kappa shape index (κ2) is 4.32. The fraction of sp³-hybridized carbons (Fsp3) is 0.500. The smallest absolute Gasteiger partial charge is 0.315 e. The van der Waals surface area contributed by atoms with Gasteiger partial charge in [-0.25, -0.2) is 9.78 Å². The Balaban J connectivity index is 2.22. The fourth-order valence-corrected chi connectivity index (χ4v) is 0.703. The topological polar surface area (TPSA) is 82.7 Å². The quantitative estimate of drug-likeness (QED) is 0.577. The molecule has 1 heterocycles. The summed E-state index contributed by atoms with van der Waals surface area (Å²) >= 11 is 0. The molecule has 1 aromatic rings. The third kappa shape index (κ3) is 2.57. The van der Waals surface area contributed by atoms with Crippen molar-refractivity contribution in [2.45, 2.75) is 13.5 Å². The molecule has 1 aromatic heterocycles. The monoisotopic (exact) mass is 169 g/mol. The van der Waals surface area contributed by atoms with Crippen LogP contribution in [-0.4, -0.2) is 27.8 Å². The molecule has 0 saturated carbocycles. The van der Waals surface area contributed by atoms with Crippen molar-refractivity contribution >= 4 is 6.03 Å². The number of amides is 2. The lowest BCUT2D eigenvalue weighted by molar-refractivity contribution is 0.241. The summed E-state index contributed by atoms with van der Waals surface area (Å²) in [7, 11) is 0. The molecule has 0 saturated heterocycles. The summed E-state index contributed by atoms with van der Waals surface area (Å²) in [5.41, 5.74) is 0. The minimum atomic E-state index is -0.200. The van der Waals surface area contributed by atoms with Crippen molar-refractivity contribution in [3.63, 3.8) is 0 Å². The minimum absolute atomic E-state index is 0.200. The van der Waals surface area contributed by atoms with Gasteiger partial charge in [0.05, 0.1) is 6.54 Å². The molecule has 0 aliphatic heterocycles. The largest absolute Gasteiger partial charge is 0.338 e. The summed E-state index contributed by atoms with van der Waals surface area (Å²) in [6, 6.07) is -0.200. The number of nitrogens with zero attached hydrogens (tertiary/aromatic N) is 2. The number of carbonyl (C=O) groups excluding carboxylic acids is 1. The van der Waals surface area contributed by atoms with Gasteiger partial charge in [-0.1, -0.05) is 0 Å². The van der Waals surface area contributed by atoms with Gasteiger partial charge in [-0.15, -0.1) is 0 Å². The molecular weight excluding hydrogens is 158 g/mol. The minimum Gasteiger partial charge on any atom is -0.338 e. The number of hydrogen-bond acceptors (Lipinski definition) is 3. The molecular formula is C6H11N5O. The predicted octanol–water partition coefficient (Wildman–Crippen LogP) is -0.376. The average Bonchev–Trinajstić information content (AvgIpc) is 2.53. The van der Waals surface area contributed by atoms with Crippen LogP contribution in [0.2, 0.25) is 0 Å². The Hall–Kier alpha value is -1.59. The maximum Gasteiger partial charge on any atom is 0.315 e. The highest BCUT2D eigenvalue weighted by Crippen LogP contribution is 1.82. The van der Waals surface area contributed by atoms with E-state index in [0.29, 0.717) is 18.9 Å². The fourth-order valence-electron chi connectivity index (χ4n) is 0.703. The van der Waals surface area contributed by atoms with E-state index in [9.17, 15) is 4.79 Å². The Morgan fingerprint density at radius 2 is 2.50 bits per heavy atom. The predicted molar refractivity (Wildman–Crippen MR) is 42.3 cm³/mol. The number of nitrogens with one attached hydrogen (secondary N) is 3. The van der Waals surface area contributed by atoms with Crippen LogP contribution in [0.4, 0.5) is 4.79 Å². The van der Waals surface area contributed by atoms with E-state index >= 15 is 0 Å². The SMILES string of the molecule is CCNC(=O)NCc1ncn[nH]1. The van der Waals surface area contributed by atoms with Crippen LogP contribution in [0.15, 0.2) is 6.33 Å². The third-order valence-electron chi connectivity index (χ3n) is 1.22. The average molecular weight is 169 g/mol. The number of urea groups is 1. The van der Waals surface area contributed by atoms with Gasteiger partial charge in [-0.3, -0.25) is 5.10 Å². The van der Waals surface area contributed by atoms with E-state index < -0.39 is 0 Å². The molecule has 12 heavy (non-hydrogen) atoms. The summed E-state index contributed by atoms with van der Waals surface area (Å²) in [4.78, 5) is 14.7. The molecule has 6 heteroatoms. The number of aromatic nitrogens is 3. The third-order valence-corrected chi connectivity index (χ3v) is 1.22. The molecule has 0 bridgehead atoms. The summed E-state index contributed by atoms with van der Waals surface area (Å²) < 4.78 is 0. The highest BCUT2D eigenvalue weighted by atomic mass is 16.2. The molecule has 0 fully saturated rings. The van der Waals surface area contributed by atoms with Crippen molar-refractivity contribution in [2.24, 2.45) is 0 Å². The summed E-state index contributed by atoms with van der Waals surface area (Å²) in [5.74, 6) is 0.640. The van der Waals surface area contributed by atoms with E-state index in [0.717, 1.165) is 0 Å². The van der Waals surface area contributed by atoms with E-state index in [1.165, 1.54) is 6.33 Å². The normalized spacial score (nSPS) is 9.42. The zero-order valence-corrected chi connectivity index (χ0v) is 6.79. The summed E-state index contributed by atoms with van der Waals surface area (Å²) in [6.45, 7) is 2.84. The van der Waals surface area contributed by atoms with Crippen LogP contribution < -0.4 is 10.6 Å². The maximum atomic E-state index is 10.9. The van der Waals surface area contributed by atoms with Gasteiger partial charge < -0.3 is 10.6 Å². The van der Waals surface area contributed by atoms with Crippen LogP contribution in [0.25, 0.3) is 0 Å². The standard InChI is InChI=1S/C6H11N5O/c1-2-7-6(12)8-3-5-9-4-10-11-5/h4H,2-3H2,1H3,(H2,7,8,12)(H,9,10,11). The number of H-pyrrole nitrogens is 1. The van der Waals surface area contributed by atoms with Gasteiger partial charge in [0.1, 0.15) is 12.2 Å². The Morgan fingerprint density at radius 3 is 3.08 bits per heavy atom. The summed E-state index contributed by atoms with van der Waals surface area (Å²) in [6.07, 6.45) is 1.40. The van der Waals surface area contributed by atoms with Gasteiger partial charge in [0, 0.05) is 6.54 Å². The molecule has 0 unspecified atom stereocenters. The molecule has 0 atom stereocenters. The van der Waals surface area contributed by atoms with Crippen LogP contribution in [-0.2, 0) is 6.54 Å². The lowest BCUT2D eigenvalue weighted by atomic mass is 10.6. The summed E-state index contributed by atoms with van der Waals surface area (Å²) in [5, 5.41) is 11.5. The highest BCUT2D eigenvalue weighted by Gasteiger charge is 1.98. The van der Waals surface area contributed by atoms with E-state index in [1.807, 2.05) is 6.92 Å². The second-order valence-corrected chi connectivity index (χ2v) is 2.15. The molecule has 0 aliphatic carbocycles. The van der Waals surface area contributed by atoms with E-state index in [1.54, 1.807) is 0 Å². The first-order valence-corrected chi connectivity index (χ1v) is 3.69. The van der Waals surface area contributed by atoms with Crippen molar-refractivity contribution < 1.29 is 4.79 Å². The Morgan fingerprint density at radius 1 is 1.67 bits per heavy atom. The lowest BCUT2D eigenvalue weighted by Crippen LogP contribution is -2.34. The first kappa shape index (κ1) is 8.51. The van der Waals surface area contributed by atoms with Gasteiger partial charge in [0.15, 0.2) is 0 Å². The molecule has 0 aliphatic rings. The molecule has 6 nitrogen and oxygen atoms in total. The van der Waals surface area contributed by atoms with E-state index in [4.69, 9.17) is 0 Å². The second-order valence-electron chi connectivity index (χ2n) is 2.15. The Bertz CT molecular complexity index is 232. The van der Waals surface area contributed by atoms with Crippen molar-refractivity contribution in [3.05, 3.63) is 12.2 Å².